The van der Waals surface area contributed by atoms with Gasteiger partial charge in [0.1, 0.15) is 0 Å². The van der Waals surface area contributed by atoms with E-state index in [1.165, 1.54) is 0 Å². The summed E-state index contributed by atoms with van der Waals surface area (Å²) in [6, 6.07) is 5.61. The van der Waals surface area contributed by atoms with Crippen molar-refractivity contribution in [1.29, 1.82) is 0 Å². The number of hydrogen-bond acceptors (Lipinski definition) is 2. The number of carbonyl (C=O) groups excluding carboxylic acids is 1. The third-order valence-electron chi connectivity index (χ3n) is 3.87. The number of hydrogen-bond donors (Lipinski definition) is 2. The van der Waals surface area contributed by atoms with Crippen LogP contribution in [0.1, 0.15) is 31.2 Å². The van der Waals surface area contributed by atoms with Gasteiger partial charge in [-0.2, -0.15) is 0 Å². The number of carbonyl (C=O) groups is 2. The van der Waals surface area contributed by atoms with Crippen molar-refractivity contribution >= 4 is 33.5 Å². The fourth-order valence-electron chi connectivity index (χ4n) is 2.73. The third-order valence-corrected chi connectivity index (χ3v) is 4.36. The van der Waals surface area contributed by atoms with Crippen LogP contribution in [0.25, 0.3) is 0 Å². The van der Waals surface area contributed by atoms with E-state index < -0.39 is 17.8 Å². The fourth-order valence-corrected chi connectivity index (χ4v) is 3.21. The largest absolute Gasteiger partial charge is 0.481 e. The Morgan fingerprint density at radius 1 is 1.25 bits per heavy atom. The molecule has 2 atom stereocenters. The molecule has 1 aromatic rings. The second-order valence-corrected chi connectivity index (χ2v) is 6.20. The van der Waals surface area contributed by atoms with E-state index >= 15 is 0 Å². The van der Waals surface area contributed by atoms with Gasteiger partial charge in [0.15, 0.2) is 0 Å². The molecule has 0 heterocycles. The lowest BCUT2D eigenvalue weighted by molar-refractivity contribution is -0.147. The van der Waals surface area contributed by atoms with Crippen LogP contribution in [-0.4, -0.2) is 17.0 Å². The second-order valence-electron chi connectivity index (χ2n) is 5.28. The van der Waals surface area contributed by atoms with E-state index in [0.717, 1.165) is 28.6 Å². The summed E-state index contributed by atoms with van der Waals surface area (Å²) < 4.78 is 0.953. The number of carboxylic acids is 1. The molecule has 1 aliphatic rings. The fraction of sp³-hybridized carbons (Fsp3) is 0.467. The number of amides is 1. The van der Waals surface area contributed by atoms with Crippen LogP contribution in [0.5, 0.6) is 0 Å². The van der Waals surface area contributed by atoms with Gasteiger partial charge < -0.3 is 10.4 Å². The van der Waals surface area contributed by atoms with Crippen LogP contribution in [0.2, 0.25) is 0 Å². The van der Waals surface area contributed by atoms with Crippen molar-refractivity contribution in [3.8, 4) is 0 Å². The highest BCUT2D eigenvalue weighted by Gasteiger charge is 2.35. The molecular weight excluding hydrogens is 322 g/mol. The highest BCUT2D eigenvalue weighted by molar-refractivity contribution is 9.10. The van der Waals surface area contributed by atoms with Crippen LogP contribution in [-0.2, 0) is 9.59 Å². The molecule has 1 aromatic carbocycles. The molecular formula is C15H18BrNO3. The molecule has 0 saturated heterocycles. The number of aliphatic carboxylic acids is 1. The molecule has 2 rings (SSSR count). The first kappa shape index (κ1) is 15.0. The summed E-state index contributed by atoms with van der Waals surface area (Å²) in [6.07, 6.45) is 3.05. The molecule has 0 aromatic heterocycles. The Hall–Kier alpha value is -1.36. The van der Waals surface area contributed by atoms with Crippen molar-refractivity contribution in [3.05, 3.63) is 28.2 Å². The van der Waals surface area contributed by atoms with Crippen LogP contribution >= 0.6 is 15.9 Å². The minimum absolute atomic E-state index is 0.178. The van der Waals surface area contributed by atoms with Crippen molar-refractivity contribution in [2.45, 2.75) is 32.6 Å². The van der Waals surface area contributed by atoms with Crippen LogP contribution in [0, 0.1) is 18.8 Å². The summed E-state index contributed by atoms with van der Waals surface area (Å²) in [5.74, 6) is -2.02. The first-order chi connectivity index (χ1) is 9.49. The average molecular weight is 340 g/mol. The maximum absolute atomic E-state index is 12.3. The Morgan fingerprint density at radius 2 is 1.90 bits per heavy atom. The number of halogens is 1. The van der Waals surface area contributed by atoms with Crippen LogP contribution in [0.3, 0.4) is 0 Å². The SMILES string of the molecule is Cc1cc(Br)ccc1NC(=O)[C@@H]1CCCC[C@H]1C(=O)O. The van der Waals surface area contributed by atoms with E-state index in [0.29, 0.717) is 12.8 Å². The molecule has 1 amide bonds. The highest BCUT2D eigenvalue weighted by Crippen LogP contribution is 2.31. The highest BCUT2D eigenvalue weighted by atomic mass is 79.9. The molecule has 1 saturated carbocycles. The number of aryl methyl sites for hydroxylation is 1. The smallest absolute Gasteiger partial charge is 0.307 e. The molecule has 1 aliphatic carbocycles. The zero-order valence-corrected chi connectivity index (χ0v) is 12.9. The van der Waals surface area contributed by atoms with Gasteiger partial charge >= 0.3 is 5.97 Å². The van der Waals surface area contributed by atoms with Gasteiger partial charge in [0.05, 0.1) is 11.8 Å². The van der Waals surface area contributed by atoms with Crippen molar-refractivity contribution in [2.75, 3.05) is 5.32 Å². The van der Waals surface area contributed by atoms with Gasteiger partial charge in [0, 0.05) is 10.2 Å². The Bertz CT molecular complexity index is 530. The van der Waals surface area contributed by atoms with Crippen molar-refractivity contribution in [2.24, 2.45) is 11.8 Å². The molecule has 2 N–H and O–H groups in total. The summed E-state index contributed by atoms with van der Waals surface area (Å²) in [5, 5.41) is 12.1. The molecule has 0 bridgehead atoms. The first-order valence-corrected chi connectivity index (χ1v) is 7.58. The molecule has 108 valence electrons. The summed E-state index contributed by atoms with van der Waals surface area (Å²) in [4.78, 5) is 23.6. The lowest BCUT2D eigenvalue weighted by atomic mass is 9.78. The Labute approximate surface area is 126 Å². The zero-order valence-electron chi connectivity index (χ0n) is 11.4. The predicted octanol–water partition coefficient (Wildman–Crippen LogP) is 3.59. The van der Waals surface area contributed by atoms with E-state index in [1.807, 2.05) is 25.1 Å². The van der Waals surface area contributed by atoms with E-state index in [2.05, 4.69) is 21.2 Å². The van der Waals surface area contributed by atoms with E-state index in [1.54, 1.807) is 0 Å². The Morgan fingerprint density at radius 3 is 2.50 bits per heavy atom. The van der Waals surface area contributed by atoms with Gasteiger partial charge in [0.25, 0.3) is 0 Å². The Balaban J connectivity index is 2.12. The maximum Gasteiger partial charge on any atom is 0.307 e. The standard InChI is InChI=1S/C15H18BrNO3/c1-9-8-10(16)6-7-13(9)17-14(18)11-4-2-3-5-12(11)15(19)20/h6-8,11-12H,2-5H2,1H3,(H,17,18)(H,19,20)/t11-,12-/m1/s1. The van der Waals surface area contributed by atoms with Crippen molar-refractivity contribution < 1.29 is 14.7 Å². The van der Waals surface area contributed by atoms with Gasteiger partial charge in [-0.1, -0.05) is 28.8 Å². The first-order valence-electron chi connectivity index (χ1n) is 6.79. The average Bonchev–Trinajstić information content (AvgIpc) is 2.41. The summed E-state index contributed by atoms with van der Waals surface area (Å²) in [6.45, 7) is 1.91. The number of nitrogens with one attached hydrogen (secondary N) is 1. The molecule has 5 heteroatoms. The van der Waals surface area contributed by atoms with E-state index in [9.17, 15) is 14.7 Å². The third kappa shape index (κ3) is 3.39. The van der Waals surface area contributed by atoms with Gasteiger partial charge in [-0.15, -0.1) is 0 Å². The van der Waals surface area contributed by atoms with Crippen LogP contribution in [0.15, 0.2) is 22.7 Å². The number of anilines is 1. The van der Waals surface area contributed by atoms with Gasteiger partial charge in [-0.25, -0.2) is 0 Å². The van der Waals surface area contributed by atoms with Crippen molar-refractivity contribution in [3.63, 3.8) is 0 Å². The number of rotatable bonds is 3. The Kier molecular flexibility index (Phi) is 4.81. The van der Waals surface area contributed by atoms with Crippen LogP contribution < -0.4 is 5.32 Å². The zero-order chi connectivity index (χ0) is 14.7. The lowest BCUT2D eigenvalue weighted by Crippen LogP contribution is -2.36. The molecule has 0 aliphatic heterocycles. The minimum atomic E-state index is -0.864. The summed E-state index contributed by atoms with van der Waals surface area (Å²) >= 11 is 3.38. The molecule has 1 fully saturated rings. The van der Waals surface area contributed by atoms with Gasteiger partial charge in [-0.05, 0) is 43.5 Å². The summed E-state index contributed by atoms with van der Waals surface area (Å²) in [7, 11) is 0. The van der Waals surface area contributed by atoms with Crippen molar-refractivity contribution in [1.82, 2.24) is 0 Å². The molecule has 0 spiro atoms. The lowest BCUT2D eigenvalue weighted by Gasteiger charge is -2.27. The monoisotopic (exact) mass is 339 g/mol. The second kappa shape index (κ2) is 6.39. The van der Waals surface area contributed by atoms with E-state index in [4.69, 9.17) is 0 Å². The van der Waals surface area contributed by atoms with Gasteiger partial charge in [-0.3, -0.25) is 9.59 Å². The maximum atomic E-state index is 12.3. The summed E-state index contributed by atoms with van der Waals surface area (Å²) in [5.41, 5.74) is 1.70. The van der Waals surface area contributed by atoms with Gasteiger partial charge in [0.2, 0.25) is 5.91 Å². The molecule has 4 nitrogen and oxygen atoms in total. The molecule has 20 heavy (non-hydrogen) atoms. The predicted molar refractivity (Wildman–Crippen MR) is 80.6 cm³/mol. The molecule has 0 radical (unpaired) electrons. The number of carboxylic acid groups (broad SMARTS) is 1. The number of benzene rings is 1. The van der Waals surface area contributed by atoms with E-state index in [-0.39, 0.29) is 5.91 Å². The van der Waals surface area contributed by atoms with Crippen LogP contribution in [0.4, 0.5) is 5.69 Å². The quantitative estimate of drug-likeness (QED) is 0.884. The topological polar surface area (TPSA) is 66.4 Å². The minimum Gasteiger partial charge on any atom is -0.481 e. The normalized spacial score (nSPS) is 22.3. The molecule has 0 unspecified atom stereocenters.